The summed E-state index contributed by atoms with van der Waals surface area (Å²) in [5.41, 5.74) is 0. The van der Waals surface area contributed by atoms with E-state index >= 15 is 0 Å². The Kier molecular flexibility index (Phi) is 6.40. The van der Waals surface area contributed by atoms with Gasteiger partial charge in [-0.25, -0.2) is 13.1 Å². The molecule has 0 aromatic rings. The maximum Gasteiger partial charge on any atom is 0.211 e. The van der Waals surface area contributed by atoms with Gasteiger partial charge < -0.3 is 10.1 Å². The molecule has 5 nitrogen and oxygen atoms in total. The van der Waals surface area contributed by atoms with Crippen molar-refractivity contribution >= 4 is 10.0 Å². The zero-order valence-electron chi connectivity index (χ0n) is 10.7. The van der Waals surface area contributed by atoms with Crippen molar-refractivity contribution in [2.75, 3.05) is 32.5 Å². The summed E-state index contributed by atoms with van der Waals surface area (Å²) in [6.45, 7) is 4.22. The van der Waals surface area contributed by atoms with E-state index in [4.69, 9.17) is 4.74 Å². The lowest BCUT2D eigenvalue weighted by Gasteiger charge is -2.22. The van der Waals surface area contributed by atoms with Crippen LogP contribution >= 0.6 is 0 Å². The number of rotatable bonds is 7. The molecule has 0 spiro atoms. The van der Waals surface area contributed by atoms with E-state index < -0.39 is 10.0 Å². The molecule has 1 heterocycles. The van der Waals surface area contributed by atoms with Crippen LogP contribution < -0.4 is 10.0 Å². The molecule has 0 amide bonds. The number of nitrogens with one attached hydrogen (secondary N) is 2. The van der Waals surface area contributed by atoms with Crippen LogP contribution in [-0.4, -0.2) is 47.0 Å². The molecule has 0 saturated carbocycles. The lowest BCUT2D eigenvalue weighted by molar-refractivity contribution is 0.122. The fraction of sp³-hybridized carbons (Fsp3) is 1.00. The van der Waals surface area contributed by atoms with Gasteiger partial charge in [0.15, 0.2) is 0 Å². The van der Waals surface area contributed by atoms with E-state index in [-0.39, 0.29) is 11.9 Å². The van der Waals surface area contributed by atoms with Gasteiger partial charge in [-0.15, -0.1) is 0 Å². The summed E-state index contributed by atoms with van der Waals surface area (Å²) in [5, 5.41) is 3.28. The Morgan fingerprint density at radius 2 is 2.06 bits per heavy atom. The predicted molar refractivity (Wildman–Crippen MR) is 68.5 cm³/mol. The minimum Gasteiger partial charge on any atom is -0.380 e. The molecule has 17 heavy (non-hydrogen) atoms. The van der Waals surface area contributed by atoms with Gasteiger partial charge in [-0.2, -0.15) is 0 Å². The molecule has 0 aliphatic carbocycles. The Labute approximate surface area is 104 Å². The number of hydrogen-bond donors (Lipinski definition) is 2. The number of hydrogen-bond acceptors (Lipinski definition) is 4. The second-order valence-electron chi connectivity index (χ2n) is 4.70. The Balaban J connectivity index is 2.23. The molecule has 0 aromatic heterocycles. The summed E-state index contributed by atoms with van der Waals surface area (Å²) < 4.78 is 31.0. The van der Waals surface area contributed by atoms with Crippen LogP contribution in [0.1, 0.15) is 26.2 Å². The van der Waals surface area contributed by atoms with Crippen molar-refractivity contribution in [2.24, 2.45) is 5.92 Å². The standard InChI is InChI=1S/C11H24N2O3S/c1-10(16-2)9-13-17(14,15)8-5-11-3-6-12-7-4-11/h10-13H,3-9H2,1-2H3. The Hall–Kier alpha value is -0.170. The molecule has 6 heteroatoms. The van der Waals surface area contributed by atoms with Crippen LogP contribution in [0.2, 0.25) is 0 Å². The van der Waals surface area contributed by atoms with Crippen molar-refractivity contribution in [2.45, 2.75) is 32.3 Å². The molecular formula is C11H24N2O3S. The molecular weight excluding hydrogens is 240 g/mol. The zero-order chi connectivity index (χ0) is 12.7. The highest BCUT2D eigenvalue weighted by atomic mass is 32.2. The molecule has 1 saturated heterocycles. The number of ether oxygens (including phenoxy) is 1. The number of sulfonamides is 1. The third-order valence-corrected chi connectivity index (χ3v) is 4.63. The molecule has 0 bridgehead atoms. The van der Waals surface area contributed by atoms with E-state index in [2.05, 4.69) is 10.0 Å². The van der Waals surface area contributed by atoms with Crippen LogP contribution in [0.15, 0.2) is 0 Å². The minimum absolute atomic E-state index is 0.0799. The van der Waals surface area contributed by atoms with Crippen LogP contribution in [0.3, 0.4) is 0 Å². The van der Waals surface area contributed by atoms with E-state index in [1.807, 2.05) is 6.92 Å². The third kappa shape index (κ3) is 6.35. The van der Waals surface area contributed by atoms with Crippen molar-refractivity contribution in [1.29, 1.82) is 0 Å². The number of methoxy groups -OCH3 is 1. The fourth-order valence-corrected chi connectivity index (χ4v) is 3.17. The highest BCUT2D eigenvalue weighted by molar-refractivity contribution is 7.89. The van der Waals surface area contributed by atoms with Gasteiger partial charge in [-0.3, -0.25) is 0 Å². The summed E-state index contributed by atoms with van der Waals surface area (Å²) in [6, 6.07) is 0. The number of piperidine rings is 1. The summed E-state index contributed by atoms with van der Waals surface area (Å²) in [4.78, 5) is 0. The summed E-state index contributed by atoms with van der Waals surface area (Å²) in [6.07, 6.45) is 2.86. The second kappa shape index (κ2) is 7.31. The first kappa shape index (κ1) is 14.9. The van der Waals surface area contributed by atoms with E-state index in [1.54, 1.807) is 7.11 Å². The first-order valence-electron chi connectivity index (χ1n) is 6.24. The average Bonchev–Trinajstić information content (AvgIpc) is 2.35. The van der Waals surface area contributed by atoms with Gasteiger partial charge in [0.2, 0.25) is 10.0 Å². The molecule has 2 N–H and O–H groups in total. The van der Waals surface area contributed by atoms with Gasteiger partial charge in [0.1, 0.15) is 0 Å². The first-order valence-corrected chi connectivity index (χ1v) is 7.89. The van der Waals surface area contributed by atoms with Gasteiger partial charge in [-0.1, -0.05) is 0 Å². The molecule has 0 aromatic carbocycles. The van der Waals surface area contributed by atoms with Crippen molar-refractivity contribution < 1.29 is 13.2 Å². The van der Waals surface area contributed by atoms with Crippen molar-refractivity contribution in [1.82, 2.24) is 10.0 Å². The third-order valence-electron chi connectivity index (χ3n) is 3.25. The van der Waals surface area contributed by atoms with Gasteiger partial charge >= 0.3 is 0 Å². The fourth-order valence-electron chi connectivity index (χ4n) is 1.89. The highest BCUT2D eigenvalue weighted by Gasteiger charge is 2.17. The average molecular weight is 264 g/mol. The maximum atomic E-state index is 11.7. The monoisotopic (exact) mass is 264 g/mol. The van der Waals surface area contributed by atoms with Gasteiger partial charge in [0, 0.05) is 13.7 Å². The lowest BCUT2D eigenvalue weighted by atomic mass is 9.96. The zero-order valence-corrected chi connectivity index (χ0v) is 11.6. The van der Waals surface area contributed by atoms with Crippen LogP contribution in [0, 0.1) is 5.92 Å². The van der Waals surface area contributed by atoms with E-state index in [1.165, 1.54) is 0 Å². The van der Waals surface area contributed by atoms with Crippen LogP contribution in [0.4, 0.5) is 0 Å². The largest absolute Gasteiger partial charge is 0.380 e. The van der Waals surface area contributed by atoms with Crippen molar-refractivity contribution in [3.63, 3.8) is 0 Å². The predicted octanol–water partition coefficient (Wildman–Crippen LogP) is 0.330. The maximum absolute atomic E-state index is 11.7. The SMILES string of the molecule is COC(C)CNS(=O)(=O)CCC1CCNCC1. The molecule has 1 atom stereocenters. The van der Waals surface area contributed by atoms with Crippen LogP contribution in [0.25, 0.3) is 0 Å². The topological polar surface area (TPSA) is 67.4 Å². The van der Waals surface area contributed by atoms with E-state index in [0.717, 1.165) is 32.4 Å². The van der Waals surface area contributed by atoms with E-state index in [0.29, 0.717) is 12.5 Å². The van der Waals surface area contributed by atoms with Gasteiger partial charge in [0.25, 0.3) is 0 Å². The van der Waals surface area contributed by atoms with Crippen LogP contribution in [-0.2, 0) is 14.8 Å². The van der Waals surface area contributed by atoms with Crippen molar-refractivity contribution in [3.8, 4) is 0 Å². The highest BCUT2D eigenvalue weighted by Crippen LogP contribution is 2.16. The summed E-state index contributed by atoms with van der Waals surface area (Å²) in [7, 11) is -1.56. The lowest BCUT2D eigenvalue weighted by Crippen LogP contribution is -2.35. The normalized spacial score (nSPS) is 20.4. The second-order valence-corrected chi connectivity index (χ2v) is 6.62. The molecule has 1 fully saturated rings. The Morgan fingerprint density at radius 1 is 1.41 bits per heavy atom. The molecule has 0 radical (unpaired) electrons. The Morgan fingerprint density at radius 3 is 2.65 bits per heavy atom. The summed E-state index contributed by atoms with van der Waals surface area (Å²) >= 11 is 0. The molecule has 1 rings (SSSR count). The summed E-state index contributed by atoms with van der Waals surface area (Å²) in [5.74, 6) is 0.779. The van der Waals surface area contributed by atoms with Gasteiger partial charge in [-0.05, 0) is 45.2 Å². The van der Waals surface area contributed by atoms with Gasteiger partial charge in [0.05, 0.1) is 11.9 Å². The molecule has 102 valence electrons. The molecule has 1 aliphatic heterocycles. The van der Waals surface area contributed by atoms with Crippen LogP contribution in [0.5, 0.6) is 0 Å². The molecule has 1 unspecified atom stereocenters. The molecule has 1 aliphatic rings. The smallest absolute Gasteiger partial charge is 0.211 e. The quantitative estimate of drug-likeness (QED) is 0.695. The first-order chi connectivity index (χ1) is 8.03. The van der Waals surface area contributed by atoms with Crippen molar-refractivity contribution in [3.05, 3.63) is 0 Å². The minimum atomic E-state index is -3.14. The van der Waals surface area contributed by atoms with E-state index in [9.17, 15) is 8.42 Å². The Bertz CT molecular complexity index is 300.